The van der Waals surface area contributed by atoms with Crippen LogP contribution in [0.15, 0.2) is 12.3 Å². The van der Waals surface area contributed by atoms with Gasteiger partial charge in [0.1, 0.15) is 5.56 Å². The minimum absolute atomic E-state index is 0.143. The van der Waals surface area contributed by atoms with Gasteiger partial charge in [-0.1, -0.05) is 0 Å². The van der Waals surface area contributed by atoms with Crippen LogP contribution >= 0.6 is 0 Å². The Bertz CT molecular complexity index is 437. The van der Waals surface area contributed by atoms with E-state index in [2.05, 4.69) is 15.6 Å². The highest BCUT2D eigenvalue weighted by atomic mass is 19.1. The van der Waals surface area contributed by atoms with Gasteiger partial charge in [-0.2, -0.15) is 0 Å². The number of aromatic nitrogens is 1. The predicted molar refractivity (Wildman–Crippen MR) is 58.3 cm³/mol. The van der Waals surface area contributed by atoms with Crippen molar-refractivity contribution in [3.05, 3.63) is 23.6 Å². The van der Waals surface area contributed by atoms with Crippen molar-refractivity contribution in [1.29, 1.82) is 0 Å². The topological polar surface area (TPSA) is 91.3 Å². The number of aromatic carboxylic acids is 1. The number of nitrogens with one attached hydrogen (secondary N) is 2. The van der Waals surface area contributed by atoms with Crippen molar-refractivity contribution in [2.24, 2.45) is 0 Å². The highest BCUT2D eigenvalue weighted by Gasteiger charge is 2.14. The molecule has 0 saturated carbocycles. The molecule has 0 bridgehead atoms. The number of amides is 1. The number of halogens is 1. The van der Waals surface area contributed by atoms with Gasteiger partial charge in [0, 0.05) is 26.2 Å². The maximum Gasteiger partial charge on any atom is 0.338 e. The third kappa shape index (κ3) is 3.71. The molecule has 6 nitrogen and oxygen atoms in total. The van der Waals surface area contributed by atoms with Gasteiger partial charge < -0.3 is 15.7 Å². The molecule has 0 radical (unpaired) electrons. The van der Waals surface area contributed by atoms with Crippen LogP contribution in [0.3, 0.4) is 0 Å². The number of hydrogen-bond acceptors (Lipinski definition) is 4. The van der Waals surface area contributed by atoms with Crippen molar-refractivity contribution >= 4 is 17.7 Å². The average Bonchev–Trinajstić information content (AvgIpc) is 2.25. The Balaban J connectivity index is 2.62. The molecule has 0 aliphatic heterocycles. The quantitative estimate of drug-likeness (QED) is 0.652. The molecule has 3 N–H and O–H groups in total. The molecule has 1 aromatic heterocycles. The average molecular weight is 241 g/mol. The summed E-state index contributed by atoms with van der Waals surface area (Å²) in [7, 11) is 0. The van der Waals surface area contributed by atoms with Crippen LogP contribution < -0.4 is 10.6 Å². The lowest BCUT2D eigenvalue weighted by Crippen LogP contribution is -2.26. The van der Waals surface area contributed by atoms with Gasteiger partial charge >= 0.3 is 5.97 Å². The first-order chi connectivity index (χ1) is 8.02. The Labute approximate surface area is 96.9 Å². The van der Waals surface area contributed by atoms with Gasteiger partial charge in [-0.25, -0.2) is 14.2 Å². The summed E-state index contributed by atoms with van der Waals surface area (Å²) in [5.41, 5.74) is -0.443. The van der Waals surface area contributed by atoms with E-state index in [1.54, 1.807) is 0 Å². The van der Waals surface area contributed by atoms with E-state index >= 15 is 0 Å². The third-order valence-corrected chi connectivity index (χ3v) is 1.91. The zero-order chi connectivity index (χ0) is 12.8. The van der Waals surface area contributed by atoms with Crippen LogP contribution in [0.25, 0.3) is 0 Å². The lowest BCUT2D eigenvalue weighted by atomic mass is 10.2. The van der Waals surface area contributed by atoms with Crippen LogP contribution in [-0.4, -0.2) is 35.1 Å². The van der Waals surface area contributed by atoms with E-state index in [9.17, 15) is 14.0 Å². The highest BCUT2D eigenvalue weighted by Crippen LogP contribution is 2.14. The van der Waals surface area contributed by atoms with Gasteiger partial charge in [0.25, 0.3) is 0 Å². The lowest BCUT2D eigenvalue weighted by molar-refractivity contribution is -0.118. The number of carboxylic acid groups (broad SMARTS) is 1. The van der Waals surface area contributed by atoms with Crippen molar-refractivity contribution in [2.45, 2.75) is 6.92 Å². The molecule has 1 rings (SSSR count). The second kappa shape index (κ2) is 5.78. The molecule has 1 heterocycles. The van der Waals surface area contributed by atoms with Crippen molar-refractivity contribution < 1.29 is 19.1 Å². The first kappa shape index (κ1) is 12.9. The van der Waals surface area contributed by atoms with Crippen molar-refractivity contribution in [1.82, 2.24) is 10.3 Å². The smallest absolute Gasteiger partial charge is 0.338 e. The fraction of sp³-hybridized carbons (Fsp3) is 0.300. The Hall–Kier alpha value is -2.18. The molecule has 1 amide bonds. The Morgan fingerprint density at radius 3 is 2.76 bits per heavy atom. The number of pyridine rings is 1. The molecule has 92 valence electrons. The molecule has 0 aromatic carbocycles. The number of hydrogen-bond donors (Lipinski definition) is 3. The number of carbonyl (C=O) groups is 2. The summed E-state index contributed by atoms with van der Waals surface area (Å²) in [6.45, 7) is 1.92. The number of carboxylic acids is 1. The minimum atomic E-state index is -1.35. The van der Waals surface area contributed by atoms with Crippen LogP contribution in [0.2, 0.25) is 0 Å². The van der Waals surface area contributed by atoms with E-state index in [0.717, 1.165) is 6.07 Å². The zero-order valence-electron chi connectivity index (χ0n) is 9.16. The van der Waals surface area contributed by atoms with E-state index in [1.807, 2.05) is 0 Å². The summed E-state index contributed by atoms with van der Waals surface area (Å²) in [5, 5.41) is 13.8. The molecule has 0 atom stereocenters. The molecule has 0 spiro atoms. The van der Waals surface area contributed by atoms with E-state index in [0.29, 0.717) is 6.54 Å². The Kier molecular flexibility index (Phi) is 4.38. The summed E-state index contributed by atoms with van der Waals surface area (Å²) in [5.74, 6) is -2.60. The van der Waals surface area contributed by atoms with E-state index in [-0.39, 0.29) is 18.3 Å². The van der Waals surface area contributed by atoms with Gasteiger partial charge in [0.15, 0.2) is 11.6 Å². The van der Waals surface area contributed by atoms with Gasteiger partial charge in [-0.3, -0.25) is 4.79 Å². The Morgan fingerprint density at radius 2 is 2.18 bits per heavy atom. The molecule has 7 heteroatoms. The lowest BCUT2D eigenvalue weighted by Gasteiger charge is -2.07. The summed E-state index contributed by atoms with van der Waals surface area (Å²) in [6.07, 6.45) is 1.20. The Morgan fingerprint density at radius 1 is 1.47 bits per heavy atom. The fourth-order valence-corrected chi connectivity index (χ4v) is 1.15. The molecule has 17 heavy (non-hydrogen) atoms. The van der Waals surface area contributed by atoms with Crippen LogP contribution in [0.1, 0.15) is 17.3 Å². The molecule has 0 aliphatic carbocycles. The molecule has 0 fully saturated rings. The summed E-state index contributed by atoms with van der Waals surface area (Å²) in [6, 6.07) is 1.08. The standard InChI is InChI=1S/C10H12FN3O3/c1-6(15)12-4-5-14-9-8(11)7(10(16)17)2-3-13-9/h2-3H,4-5H2,1H3,(H,12,15)(H,13,14)(H,16,17). The highest BCUT2D eigenvalue weighted by molar-refractivity contribution is 5.88. The predicted octanol–water partition coefficient (Wildman–Crippen LogP) is 0.467. The van der Waals surface area contributed by atoms with Crippen molar-refractivity contribution in [3.63, 3.8) is 0 Å². The first-order valence-corrected chi connectivity index (χ1v) is 4.88. The number of rotatable bonds is 5. The second-order valence-corrected chi connectivity index (χ2v) is 3.24. The summed E-state index contributed by atoms with van der Waals surface area (Å²) >= 11 is 0. The number of anilines is 1. The van der Waals surface area contributed by atoms with Crippen LogP contribution in [0, 0.1) is 5.82 Å². The fourth-order valence-electron chi connectivity index (χ4n) is 1.15. The van der Waals surface area contributed by atoms with Crippen LogP contribution in [-0.2, 0) is 4.79 Å². The SMILES string of the molecule is CC(=O)NCCNc1nccc(C(=O)O)c1F. The third-order valence-electron chi connectivity index (χ3n) is 1.91. The van der Waals surface area contributed by atoms with E-state index < -0.39 is 17.3 Å². The first-order valence-electron chi connectivity index (χ1n) is 4.88. The van der Waals surface area contributed by atoms with E-state index in [4.69, 9.17) is 5.11 Å². The summed E-state index contributed by atoms with van der Waals surface area (Å²) < 4.78 is 13.5. The molecule has 0 saturated heterocycles. The van der Waals surface area contributed by atoms with E-state index in [1.165, 1.54) is 13.1 Å². The molecule has 0 aliphatic rings. The van der Waals surface area contributed by atoms with Crippen LogP contribution in [0.5, 0.6) is 0 Å². The molecular weight excluding hydrogens is 229 g/mol. The zero-order valence-corrected chi connectivity index (χ0v) is 9.16. The van der Waals surface area contributed by atoms with Crippen molar-refractivity contribution in [3.8, 4) is 0 Å². The molecular formula is C10H12FN3O3. The largest absolute Gasteiger partial charge is 0.478 e. The monoisotopic (exact) mass is 241 g/mol. The maximum atomic E-state index is 13.5. The maximum absolute atomic E-state index is 13.5. The second-order valence-electron chi connectivity index (χ2n) is 3.24. The number of carbonyl (C=O) groups excluding carboxylic acids is 1. The number of nitrogens with zero attached hydrogens (tertiary/aromatic N) is 1. The summed E-state index contributed by atoms with van der Waals surface area (Å²) in [4.78, 5) is 24.9. The minimum Gasteiger partial charge on any atom is -0.478 e. The molecule has 0 unspecified atom stereocenters. The van der Waals surface area contributed by atoms with Gasteiger partial charge in [0.05, 0.1) is 0 Å². The van der Waals surface area contributed by atoms with Crippen LogP contribution in [0.4, 0.5) is 10.2 Å². The van der Waals surface area contributed by atoms with Gasteiger partial charge in [0.2, 0.25) is 5.91 Å². The van der Waals surface area contributed by atoms with Crippen molar-refractivity contribution in [2.75, 3.05) is 18.4 Å². The normalized spacial score (nSPS) is 9.76. The van der Waals surface area contributed by atoms with Gasteiger partial charge in [-0.15, -0.1) is 0 Å². The molecule has 1 aromatic rings. The van der Waals surface area contributed by atoms with Gasteiger partial charge in [-0.05, 0) is 6.07 Å².